The minimum Gasteiger partial charge on any atom is -0.496 e. The van der Waals surface area contributed by atoms with Crippen LogP contribution < -0.4 is 10.1 Å². The Morgan fingerprint density at radius 3 is 2.87 bits per heavy atom. The monoisotopic (exact) mass is 422 g/mol. The molecule has 0 aliphatic rings. The summed E-state index contributed by atoms with van der Waals surface area (Å²) < 4.78 is 12.5. The van der Waals surface area contributed by atoms with Gasteiger partial charge in [0.25, 0.3) is 5.89 Å². The van der Waals surface area contributed by atoms with E-state index in [2.05, 4.69) is 15.5 Å². The summed E-state index contributed by atoms with van der Waals surface area (Å²) >= 11 is 6.03. The summed E-state index contributed by atoms with van der Waals surface area (Å²) in [6, 6.07) is 18.4. The predicted octanol–water partition coefficient (Wildman–Crippen LogP) is 4.18. The number of nitrogens with zero attached hydrogens (tertiary/aromatic N) is 3. The molecule has 0 spiro atoms. The highest BCUT2D eigenvalue weighted by molar-refractivity contribution is 6.30. The summed E-state index contributed by atoms with van der Waals surface area (Å²) in [5, 5.41) is 7.52. The van der Waals surface area contributed by atoms with Gasteiger partial charge in [0.05, 0.1) is 7.11 Å². The van der Waals surface area contributed by atoms with Crippen molar-refractivity contribution in [1.82, 2.24) is 20.0 Å². The fourth-order valence-electron chi connectivity index (χ4n) is 3.07. The van der Waals surface area contributed by atoms with Crippen molar-refractivity contribution in [3.63, 3.8) is 0 Å². The van der Waals surface area contributed by atoms with Crippen molar-refractivity contribution in [2.24, 2.45) is 0 Å². The summed E-state index contributed by atoms with van der Waals surface area (Å²) in [6.45, 7) is 0.491. The first-order valence-electron chi connectivity index (χ1n) is 9.28. The van der Waals surface area contributed by atoms with Gasteiger partial charge in [0.15, 0.2) is 0 Å². The highest BCUT2D eigenvalue weighted by atomic mass is 35.5. The molecular formula is C22H19ClN4O3. The number of benzene rings is 2. The molecule has 8 heteroatoms. The van der Waals surface area contributed by atoms with Crippen LogP contribution in [0.1, 0.15) is 5.56 Å². The molecule has 0 fully saturated rings. The lowest BCUT2D eigenvalue weighted by Crippen LogP contribution is -2.27. The van der Waals surface area contributed by atoms with Gasteiger partial charge in [0.2, 0.25) is 11.7 Å². The molecule has 0 saturated carbocycles. The Morgan fingerprint density at radius 1 is 1.17 bits per heavy atom. The smallest absolute Gasteiger partial charge is 0.274 e. The Kier molecular flexibility index (Phi) is 5.81. The molecule has 2 aromatic carbocycles. The lowest BCUT2D eigenvalue weighted by Gasteiger charge is -2.10. The van der Waals surface area contributed by atoms with Gasteiger partial charge in [0.1, 0.15) is 18.0 Å². The molecule has 1 N–H and O–H groups in total. The minimum absolute atomic E-state index is 0.117. The molecule has 4 aromatic rings. The molecule has 0 unspecified atom stereocenters. The third-order valence-electron chi connectivity index (χ3n) is 4.54. The number of carbonyl (C=O) groups excluding carboxylic acids is 1. The van der Waals surface area contributed by atoms with E-state index in [1.807, 2.05) is 48.5 Å². The number of hydrogen-bond donors (Lipinski definition) is 1. The number of methoxy groups -OCH3 is 1. The maximum atomic E-state index is 12.5. The zero-order chi connectivity index (χ0) is 20.9. The van der Waals surface area contributed by atoms with Crippen molar-refractivity contribution in [1.29, 1.82) is 0 Å². The number of hydrogen-bond acceptors (Lipinski definition) is 5. The first-order chi connectivity index (χ1) is 14.6. The van der Waals surface area contributed by atoms with Crippen LogP contribution in [-0.2, 0) is 17.9 Å². The van der Waals surface area contributed by atoms with Crippen molar-refractivity contribution in [3.05, 3.63) is 77.4 Å². The van der Waals surface area contributed by atoms with E-state index < -0.39 is 0 Å². The number of carbonyl (C=O) groups is 1. The minimum atomic E-state index is -0.145. The van der Waals surface area contributed by atoms with Gasteiger partial charge in [-0.3, -0.25) is 4.79 Å². The highest BCUT2D eigenvalue weighted by Gasteiger charge is 2.16. The van der Waals surface area contributed by atoms with Crippen LogP contribution in [0.15, 0.2) is 71.4 Å². The third kappa shape index (κ3) is 4.36. The number of aromatic nitrogens is 3. The van der Waals surface area contributed by atoms with Crippen molar-refractivity contribution in [2.75, 3.05) is 7.11 Å². The Balaban J connectivity index is 1.45. The molecular weight excluding hydrogens is 404 g/mol. The molecule has 152 valence electrons. The molecule has 0 radical (unpaired) electrons. The van der Waals surface area contributed by atoms with Crippen LogP contribution in [0.25, 0.3) is 23.0 Å². The van der Waals surface area contributed by atoms with Gasteiger partial charge >= 0.3 is 0 Å². The van der Waals surface area contributed by atoms with Crippen LogP contribution in [0.3, 0.4) is 0 Å². The van der Waals surface area contributed by atoms with Gasteiger partial charge in [-0.25, -0.2) is 0 Å². The lowest BCUT2D eigenvalue weighted by atomic mass is 10.2. The number of ether oxygens (including phenoxy) is 1. The van der Waals surface area contributed by atoms with E-state index in [9.17, 15) is 4.79 Å². The van der Waals surface area contributed by atoms with E-state index in [0.29, 0.717) is 29.0 Å². The number of halogens is 1. The van der Waals surface area contributed by atoms with Crippen LogP contribution in [-0.4, -0.2) is 27.7 Å². The summed E-state index contributed by atoms with van der Waals surface area (Å²) in [5.41, 5.74) is 2.32. The molecule has 1 amide bonds. The maximum absolute atomic E-state index is 12.5. The Morgan fingerprint density at radius 2 is 2.03 bits per heavy atom. The normalized spacial score (nSPS) is 10.7. The number of para-hydroxylation sites is 1. The summed E-state index contributed by atoms with van der Waals surface area (Å²) in [7, 11) is 1.61. The number of rotatable bonds is 7. The van der Waals surface area contributed by atoms with Gasteiger partial charge in [-0.1, -0.05) is 47.1 Å². The summed E-state index contributed by atoms with van der Waals surface area (Å²) in [5.74, 6) is 1.35. The van der Waals surface area contributed by atoms with E-state index in [1.165, 1.54) is 0 Å². The second-order valence-electron chi connectivity index (χ2n) is 6.54. The highest BCUT2D eigenvalue weighted by Crippen LogP contribution is 2.24. The van der Waals surface area contributed by atoms with Gasteiger partial charge < -0.3 is 19.1 Å². The van der Waals surface area contributed by atoms with Crippen molar-refractivity contribution in [2.45, 2.75) is 13.1 Å². The van der Waals surface area contributed by atoms with Crippen molar-refractivity contribution in [3.8, 4) is 28.7 Å². The molecule has 7 nitrogen and oxygen atoms in total. The van der Waals surface area contributed by atoms with E-state index in [1.54, 1.807) is 30.0 Å². The second-order valence-corrected chi connectivity index (χ2v) is 6.98. The molecule has 0 aliphatic heterocycles. The van der Waals surface area contributed by atoms with Crippen LogP contribution >= 0.6 is 11.6 Å². The third-order valence-corrected chi connectivity index (χ3v) is 4.78. The first kappa shape index (κ1) is 19.7. The zero-order valence-electron chi connectivity index (χ0n) is 16.2. The van der Waals surface area contributed by atoms with Crippen LogP contribution in [0.2, 0.25) is 5.02 Å². The van der Waals surface area contributed by atoms with Gasteiger partial charge in [-0.2, -0.15) is 4.98 Å². The quantitative estimate of drug-likeness (QED) is 0.483. The molecule has 2 aromatic heterocycles. The molecule has 0 aliphatic carbocycles. The first-order valence-corrected chi connectivity index (χ1v) is 9.65. The van der Waals surface area contributed by atoms with Crippen LogP contribution in [0.4, 0.5) is 0 Å². The number of amides is 1. The molecule has 2 heterocycles. The second kappa shape index (κ2) is 8.84. The molecule has 0 atom stereocenters. The van der Waals surface area contributed by atoms with Crippen LogP contribution in [0, 0.1) is 0 Å². The molecule has 0 saturated heterocycles. The largest absolute Gasteiger partial charge is 0.496 e. The molecule has 30 heavy (non-hydrogen) atoms. The topological polar surface area (TPSA) is 82.2 Å². The average Bonchev–Trinajstić information content (AvgIpc) is 3.42. The summed E-state index contributed by atoms with van der Waals surface area (Å²) in [4.78, 5) is 16.9. The van der Waals surface area contributed by atoms with Crippen molar-refractivity contribution >= 4 is 17.5 Å². The Hall–Kier alpha value is -3.58. The van der Waals surface area contributed by atoms with Crippen molar-refractivity contribution < 1.29 is 14.1 Å². The van der Waals surface area contributed by atoms with E-state index >= 15 is 0 Å². The fraction of sp³-hybridized carbons (Fsp3) is 0.136. The van der Waals surface area contributed by atoms with Gasteiger partial charge in [-0.05, 0) is 30.3 Å². The maximum Gasteiger partial charge on any atom is 0.274 e. The fourth-order valence-corrected chi connectivity index (χ4v) is 3.26. The van der Waals surface area contributed by atoms with E-state index in [-0.39, 0.29) is 12.5 Å². The van der Waals surface area contributed by atoms with Crippen LogP contribution in [0.5, 0.6) is 5.75 Å². The lowest BCUT2D eigenvalue weighted by molar-refractivity contribution is -0.121. The van der Waals surface area contributed by atoms with Gasteiger partial charge in [-0.15, -0.1) is 0 Å². The Bertz CT molecular complexity index is 1170. The molecule has 4 rings (SSSR count). The zero-order valence-corrected chi connectivity index (χ0v) is 17.0. The van der Waals surface area contributed by atoms with E-state index in [0.717, 1.165) is 16.9 Å². The van der Waals surface area contributed by atoms with E-state index in [4.69, 9.17) is 20.9 Å². The predicted molar refractivity (Wildman–Crippen MR) is 113 cm³/mol. The number of nitrogens with one attached hydrogen (secondary N) is 1. The Labute approximate surface area is 178 Å². The summed E-state index contributed by atoms with van der Waals surface area (Å²) in [6.07, 6.45) is 1.79. The SMILES string of the molecule is COc1ccccc1CNC(=O)Cn1cccc1-c1nc(-c2cccc(Cl)c2)no1. The van der Waals surface area contributed by atoms with Gasteiger partial charge in [0, 0.05) is 28.9 Å². The molecule has 0 bridgehead atoms. The standard InChI is InChI=1S/C22H19ClN4O3/c1-29-19-10-3-2-6-16(19)13-24-20(28)14-27-11-5-9-18(27)22-25-21(26-30-22)15-7-4-8-17(23)12-15/h2-12H,13-14H2,1H3,(H,24,28). The average molecular weight is 423 g/mol.